The summed E-state index contributed by atoms with van der Waals surface area (Å²) in [5.74, 6) is -0.480. The summed E-state index contributed by atoms with van der Waals surface area (Å²) in [5.41, 5.74) is 0.925. The van der Waals surface area contributed by atoms with Crippen LogP contribution < -0.4 is 5.32 Å². The van der Waals surface area contributed by atoms with Crippen molar-refractivity contribution >= 4 is 38.6 Å². The third kappa shape index (κ3) is 1.86. The van der Waals surface area contributed by atoms with Crippen LogP contribution in [0.5, 0.6) is 0 Å². The van der Waals surface area contributed by atoms with Crippen LogP contribution in [0.1, 0.15) is 25.5 Å². The van der Waals surface area contributed by atoms with Crippen LogP contribution >= 0.6 is 15.9 Å². The van der Waals surface area contributed by atoms with Crippen molar-refractivity contribution in [2.45, 2.75) is 25.2 Å². The molecule has 0 bridgehead atoms. The Balaban J connectivity index is 2.19. The van der Waals surface area contributed by atoms with Crippen LogP contribution in [-0.4, -0.2) is 21.6 Å². The number of amides is 2. The average Bonchev–Trinajstić information content (AvgIpc) is 2.72. The maximum Gasteiger partial charge on any atom is 0.238 e. The van der Waals surface area contributed by atoms with Crippen LogP contribution in [-0.2, 0) is 22.1 Å². The van der Waals surface area contributed by atoms with Gasteiger partial charge in [-0.05, 0) is 31.5 Å². The van der Waals surface area contributed by atoms with Gasteiger partial charge in [-0.25, -0.2) is 0 Å². The van der Waals surface area contributed by atoms with E-state index in [2.05, 4.69) is 26.3 Å². The van der Waals surface area contributed by atoms with E-state index in [1.807, 2.05) is 32.2 Å². The number of rotatable bonds is 1. The summed E-state index contributed by atoms with van der Waals surface area (Å²) < 4.78 is 2.73. The lowest BCUT2D eigenvalue weighted by atomic mass is 9.77. The Hall–Kier alpha value is -1.69. The van der Waals surface area contributed by atoms with Crippen LogP contribution in [0.4, 0.5) is 0 Å². The van der Waals surface area contributed by atoms with Crippen molar-refractivity contribution in [3.8, 4) is 0 Å². The smallest absolute Gasteiger partial charge is 0.238 e. The molecule has 2 heterocycles. The highest BCUT2D eigenvalue weighted by atomic mass is 79.9. The molecule has 2 aromatic rings. The number of aryl methyl sites for hydroxylation is 1. The van der Waals surface area contributed by atoms with Crippen LogP contribution in [0.2, 0.25) is 0 Å². The SMILES string of the molecule is Cn1nc(C2(C)CCC(=O)NC2=O)c2ccc(Br)cc21. The normalized spacial score (nSPS) is 23.1. The van der Waals surface area contributed by atoms with Crippen LogP contribution in [0.15, 0.2) is 22.7 Å². The van der Waals surface area contributed by atoms with Gasteiger partial charge in [0.05, 0.1) is 16.6 Å². The molecule has 0 aliphatic carbocycles. The first-order valence-corrected chi connectivity index (χ1v) is 7.18. The van der Waals surface area contributed by atoms with E-state index in [9.17, 15) is 9.59 Å². The van der Waals surface area contributed by atoms with Gasteiger partial charge >= 0.3 is 0 Å². The van der Waals surface area contributed by atoms with Gasteiger partial charge in [0.2, 0.25) is 11.8 Å². The van der Waals surface area contributed by atoms with E-state index < -0.39 is 5.41 Å². The molecule has 1 aromatic carbocycles. The van der Waals surface area contributed by atoms with Crippen molar-refractivity contribution in [2.75, 3.05) is 0 Å². The standard InChI is InChI=1S/C14H14BrN3O2/c1-14(6-5-11(19)16-13(14)20)12-9-4-3-8(15)7-10(9)18(2)17-12/h3-4,7H,5-6H2,1-2H3,(H,16,19,20). The average molecular weight is 336 g/mol. The molecule has 1 aliphatic heterocycles. The summed E-state index contributed by atoms with van der Waals surface area (Å²) in [7, 11) is 1.85. The summed E-state index contributed by atoms with van der Waals surface area (Å²) in [5, 5.41) is 7.89. The lowest BCUT2D eigenvalue weighted by Crippen LogP contribution is -2.50. The summed E-state index contributed by atoms with van der Waals surface area (Å²) in [6, 6.07) is 5.86. The quantitative estimate of drug-likeness (QED) is 0.811. The molecule has 104 valence electrons. The van der Waals surface area contributed by atoms with E-state index in [1.165, 1.54) is 0 Å². The molecule has 6 heteroatoms. The Morgan fingerprint density at radius 1 is 1.40 bits per heavy atom. The number of carbonyl (C=O) groups excluding carboxylic acids is 2. The predicted octanol–water partition coefficient (Wildman–Crippen LogP) is 2.03. The number of aromatic nitrogens is 2. The van der Waals surface area contributed by atoms with Crippen molar-refractivity contribution < 1.29 is 9.59 Å². The summed E-state index contributed by atoms with van der Waals surface area (Å²) in [6.07, 6.45) is 0.830. The zero-order chi connectivity index (χ0) is 14.5. The minimum Gasteiger partial charge on any atom is -0.296 e. The summed E-state index contributed by atoms with van der Waals surface area (Å²) >= 11 is 3.44. The molecule has 1 N–H and O–H groups in total. The molecule has 5 nitrogen and oxygen atoms in total. The monoisotopic (exact) mass is 335 g/mol. The third-order valence-corrected chi connectivity index (χ3v) is 4.44. The van der Waals surface area contributed by atoms with Gasteiger partial charge in [-0.3, -0.25) is 19.6 Å². The fourth-order valence-corrected chi connectivity index (χ4v) is 3.02. The molecule has 1 aliphatic rings. The molecule has 0 spiro atoms. The molecular formula is C14H14BrN3O2. The minimum atomic E-state index is -0.763. The second-order valence-electron chi connectivity index (χ2n) is 5.34. The molecule has 20 heavy (non-hydrogen) atoms. The number of halogens is 1. The van der Waals surface area contributed by atoms with Crippen LogP contribution in [0.3, 0.4) is 0 Å². The van der Waals surface area contributed by atoms with Gasteiger partial charge in [-0.1, -0.05) is 15.9 Å². The van der Waals surface area contributed by atoms with E-state index in [0.29, 0.717) is 12.8 Å². The van der Waals surface area contributed by atoms with E-state index in [0.717, 1.165) is 21.1 Å². The van der Waals surface area contributed by atoms with Crippen molar-refractivity contribution in [1.82, 2.24) is 15.1 Å². The van der Waals surface area contributed by atoms with Gasteiger partial charge in [-0.2, -0.15) is 5.10 Å². The second kappa shape index (κ2) is 4.41. The van der Waals surface area contributed by atoms with Crippen molar-refractivity contribution in [1.29, 1.82) is 0 Å². The number of hydrogen-bond donors (Lipinski definition) is 1. The van der Waals surface area contributed by atoms with Gasteiger partial charge in [0.15, 0.2) is 0 Å². The Morgan fingerprint density at radius 3 is 2.85 bits per heavy atom. The van der Waals surface area contributed by atoms with Gasteiger partial charge in [-0.15, -0.1) is 0 Å². The fraction of sp³-hybridized carbons (Fsp3) is 0.357. The van der Waals surface area contributed by atoms with Crippen molar-refractivity contribution in [3.05, 3.63) is 28.4 Å². The highest BCUT2D eigenvalue weighted by molar-refractivity contribution is 9.10. The zero-order valence-electron chi connectivity index (χ0n) is 11.2. The van der Waals surface area contributed by atoms with Gasteiger partial charge in [0.1, 0.15) is 0 Å². The molecule has 1 saturated heterocycles. The molecule has 1 aromatic heterocycles. The highest BCUT2D eigenvalue weighted by Crippen LogP contribution is 2.36. The molecule has 3 rings (SSSR count). The Labute approximate surface area is 124 Å². The number of benzene rings is 1. The lowest BCUT2D eigenvalue weighted by Gasteiger charge is -2.30. The second-order valence-corrected chi connectivity index (χ2v) is 6.26. The number of nitrogens with one attached hydrogen (secondary N) is 1. The van der Waals surface area contributed by atoms with E-state index >= 15 is 0 Å². The maximum atomic E-state index is 12.3. The van der Waals surface area contributed by atoms with Crippen molar-refractivity contribution in [2.24, 2.45) is 7.05 Å². The van der Waals surface area contributed by atoms with Crippen LogP contribution in [0, 0.1) is 0 Å². The van der Waals surface area contributed by atoms with Gasteiger partial charge < -0.3 is 0 Å². The number of piperidine rings is 1. The molecule has 0 saturated carbocycles. The molecular weight excluding hydrogens is 322 g/mol. The number of fused-ring (bicyclic) bond motifs is 1. The van der Waals surface area contributed by atoms with Crippen LogP contribution in [0.25, 0.3) is 10.9 Å². The first kappa shape index (κ1) is 13.3. The van der Waals surface area contributed by atoms with Gasteiger partial charge in [0.25, 0.3) is 0 Å². The van der Waals surface area contributed by atoms with E-state index in [-0.39, 0.29) is 11.8 Å². The number of carbonyl (C=O) groups is 2. The number of imide groups is 1. The summed E-state index contributed by atoms with van der Waals surface area (Å²) in [4.78, 5) is 23.6. The molecule has 1 unspecified atom stereocenters. The zero-order valence-corrected chi connectivity index (χ0v) is 12.8. The maximum absolute atomic E-state index is 12.3. The van der Waals surface area contributed by atoms with E-state index in [1.54, 1.807) is 4.68 Å². The first-order chi connectivity index (χ1) is 9.41. The first-order valence-electron chi connectivity index (χ1n) is 6.39. The topological polar surface area (TPSA) is 64.0 Å². The van der Waals surface area contributed by atoms with Gasteiger partial charge in [0, 0.05) is 23.3 Å². The fourth-order valence-electron chi connectivity index (χ4n) is 2.67. The van der Waals surface area contributed by atoms with E-state index in [4.69, 9.17) is 0 Å². The lowest BCUT2D eigenvalue weighted by molar-refractivity contribution is -0.137. The molecule has 1 fully saturated rings. The number of hydrogen-bond acceptors (Lipinski definition) is 3. The largest absolute Gasteiger partial charge is 0.296 e. The Bertz CT molecular complexity index is 737. The molecule has 0 radical (unpaired) electrons. The third-order valence-electron chi connectivity index (χ3n) is 3.94. The Kier molecular flexibility index (Phi) is 2.93. The highest BCUT2D eigenvalue weighted by Gasteiger charge is 2.43. The minimum absolute atomic E-state index is 0.213. The molecule has 1 atom stereocenters. The van der Waals surface area contributed by atoms with Crippen molar-refractivity contribution in [3.63, 3.8) is 0 Å². The molecule has 2 amide bonds. The number of nitrogens with zero attached hydrogens (tertiary/aromatic N) is 2. The summed E-state index contributed by atoms with van der Waals surface area (Å²) in [6.45, 7) is 1.85. The Morgan fingerprint density at radius 2 is 2.15 bits per heavy atom. The predicted molar refractivity (Wildman–Crippen MR) is 78.1 cm³/mol.